The predicted octanol–water partition coefficient (Wildman–Crippen LogP) is 2.93. The summed E-state index contributed by atoms with van der Waals surface area (Å²) >= 11 is 12.1. The van der Waals surface area contributed by atoms with Crippen LogP contribution in [0.2, 0.25) is 10.0 Å². The van der Waals surface area contributed by atoms with Crippen LogP contribution in [0.25, 0.3) is 0 Å². The van der Waals surface area contributed by atoms with Crippen molar-refractivity contribution >= 4 is 38.8 Å². The van der Waals surface area contributed by atoms with Crippen molar-refractivity contribution in [3.8, 4) is 0 Å². The molecule has 122 valence electrons. The first-order valence-corrected chi connectivity index (χ1v) is 9.18. The lowest BCUT2D eigenvalue weighted by Crippen LogP contribution is -2.26. The summed E-state index contributed by atoms with van der Waals surface area (Å²) in [6.07, 6.45) is 2.63. The van der Waals surface area contributed by atoms with Crippen molar-refractivity contribution < 1.29 is 13.2 Å². The summed E-state index contributed by atoms with van der Waals surface area (Å²) in [7, 11) is -3.34. The van der Waals surface area contributed by atoms with E-state index in [0.717, 1.165) is 6.26 Å². The second-order valence-electron chi connectivity index (χ2n) is 5.13. The number of sulfone groups is 1. The van der Waals surface area contributed by atoms with Gasteiger partial charge in [-0.3, -0.25) is 10.2 Å². The van der Waals surface area contributed by atoms with E-state index in [-0.39, 0.29) is 33.3 Å². The first-order chi connectivity index (χ1) is 10.6. The van der Waals surface area contributed by atoms with Crippen LogP contribution in [0.3, 0.4) is 0 Å². The Balaban J connectivity index is 2.48. The smallest absolute Gasteiger partial charge is 0.175 e. The van der Waals surface area contributed by atoms with Crippen molar-refractivity contribution in [2.75, 3.05) is 6.26 Å². The third kappa shape index (κ3) is 4.02. The molecule has 1 aromatic heterocycles. The second-order valence-corrected chi connectivity index (χ2v) is 7.99. The van der Waals surface area contributed by atoms with Gasteiger partial charge in [0, 0.05) is 17.5 Å². The van der Waals surface area contributed by atoms with Gasteiger partial charge in [-0.05, 0) is 30.7 Å². The number of ketones is 1. The van der Waals surface area contributed by atoms with Gasteiger partial charge in [-0.1, -0.05) is 29.3 Å². The Morgan fingerprint density at radius 2 is 1.91 bits per heavy atom. The monoisotopic (exact) mass is 372 g/mol. The molecule has 23 heavy (non-hydrogen) atoms. The Morgan fingerprint density at radius 1 is 1.26 bits per heavy atom. The SMILES string of the molecule is CC(=O)c1cc(Cl)cn(Cc2ccc(S(C)(=O)=O)cc2Cl)c1=N. The third-order valence-electron chi connectivity index (χ3n) is 3.28. The lowest BCUT2D eigenvalue weighted by molar-refractivity contribution is 0.101. The molecule has 0 spiro atoms. The molecule has 2 aromatic rings. The minimum atomic E-state index is -3.34. The van der Waals surface area contributed by atoms with Crippen LogP contribution >= 0.6 is 23.2 Å². The van der Waals surface area contributed by atoms with E-state index >= 15 is 0 Å². The van der Waals surface area contributed by atoms with E-state index in [1.807, 2.05) is 0 Å². The maximum absolute atomic E-state index is 11.6. The van der Waals surface area contributed by atoms with Gasteiger partial charge in [0.2, 0.25) is 0 Å². The van der Waals surface area contributed by atoms with Gasteiger partial charge in [-0.2, -0.15) is 0 Å². The van der Waals surface area contributed by atoms with Gasteiger partial charge in [0.1, 0.15) is 5.49 Å². The molecule has 0 aliphatic carbocycles. The Morgan fingerprint density at radius 3 is 2.43 bits per heavy atom. The van der Waals surface area contributed by atoms with Crippen molar-refractivity contribution in [3.63, 3.8) is 0 Å². The average molecular weight is 373 g/mol. The Labute approximate surface area is 143 Å². The molecular formula is C15H14Cl2N2O3S. The molecule has 0 radical (unpaired) electrons. The minimum absolute atomic E-state index is 0.0187. The first kappa shape index (κ1) is 17.7. The quantitative estimate of drug-likeness (QED) is 0.837. The molecule has 0 aliphatic heterocycles. The molecule has 2 rings (SSSR count). The Kier molecular flexibility index (Phi) is 4.98. The number of carbonyl (C=O) groups is 1. The summed E-state index contributed by atoms with van der Waals surface area (Å²) in [6.45, 7) is 1.56. The zero-order chi connectivity index (χ0) is 17.4. The van der Waals surface area contributed by atoms with Crippen molar-refractivity contribution in [1.29, 1.82) is 5.41 Å². The molecule has 1 heterocycles. The maximum Gasteiger partial charge on any atom is 0.175 e. The molecule has 8 heteroatoms. The highest BCUT2D eigenvalue weighted by Crippen LogP contribution is 2.22. The summed E-state index contributed by atoms with van der Waals surface area (Å²) < 4.78 is 24.5. The molecule has 0 atom stereocenters. The number of hydrogen-bond donors (Lipinski definition) is 1. The van der Waals surface area contributed by atoms with Crippen molar-refractivity contribution in [2.45, 2.75) is 18.4 Å². The molecule has 0 saturated heterocycles. The summed E-state index contributed by atoms with van der Waals surface area (Å²) in [5.74, 6) is -0.259. The molecular weight excluding hydrogens is 359 g/mol. The number of pyridine rings is 1. The molecule has 0 fully saturated rings. The maximum atomic E-state index is 11.6. The normalized spacial score (nSPS) is 11.5. The highest BCUT2D eigenvalue weighted by molar-refractivity contribution is 7.90. The zero-order valence-electron chi connectivity index (χ0n) is 12.4. The van der Waals surface area contributed by atoms with Crippen molar-refractivity contribution in [3.05, 3.63) is 57.1 Å². The van der Waals surface area contributed by atoms with E-state index in [4.69, 9.17) is 28.6 Å². The van der Waals surface area contributed by atoms with Gasteiger partial charge in [0.15, 0.2) is 15.6 Å². The number of rotatable bonds is 4. The molecule has 0 unspecified atom stereocenters. The highest BCUT2D eigenvalue weighted by atomic mass is 35.5. The highest BCUT2D eigenvalue weighted by Gasteiger charge is 2.12. The fourth-order valence-electron chi connectivity index (χ4n) is 2.08. The van der Waals surface area contributed by atoms with Gasteiger partial charge < -0.3 is 4.57 Å². The number of halogens is 2. The predicted molar refractivity (Wildman–Crippen MR) is 89.0 cm³/mol. The molecule has 1 N–H and O–H groups in total. The largest absolute Gasteiger partial charge is 0.327 e. The number of nitrogens with one attached hydrogen (secondary N) is 1. The van der Waals surface area contributed by atoms with Gasteiger partial charge in [-0.15, -0.1) is 0 Å². The molecule has 0 aliphatic rings. The Hall–Kier alpha value is -1.63. The number of benzene rings is 1. The number of hydrogen-bond acceptors (Lipinski definition) is 4. The molecule has 0 amide bonds. The topological polar surface area (TPSA) is 80.0 Å². The van der Waals surface area contributed by atoms with Gasteiger partial charge in [0.05, 0.1) is 22.0 Å². The van der Waals surface area contributed by atoms with E-state index < -0.39 is 9.84 Å². The average Bonchev–Trinajstić information content (AvgIpc) is 2.43. The van der Waals surface area contributed by atoms with E-state index in [0.29, 0.717) is 10.6 Å². The second kappa shape index (κ2) is 6.47. The van der Waals surface area contributed by atoms with Crippen LogP contribution in [0.4, 0.5) is 0 Å². The van der Waals surface area contributed by atoms with Crippen LogP contribution in [-0.2, 0) is 16.4 Å². The van der Waals surface area contributed by atoms with E-state index in [1.165, 1.54) is 35.9 Å². The fourth-order valence-corrected chi connectivity index (χ4v) is 3.25. The van der Waals surface area contributed by atoms with Crippen molar-refractivity contribution in [2.24, 2.45) is 0 Å². The van der Waals surface area contributed by atoms with E-state index in [2.05, 4.69) is 0 Å². The van der Waals surface area contributed by atoms with Crippen molar-refractivity contribution in [1.82, 2.24) is 4.57 Å². The number of nitrogens with zero attached hydrogens (tertiary/aromatic N) is 1. The van der Waals surface area contributed by atoms with Crippen LogP contribution in [0.5, 0.6) is 0 Å². The number of aromatic nitrogens is 1. The first-order valence-electron chi connectivity index (χ1n) is 6.53. The summed E-state index contributed by atoms with van der Waals surface area (Å²) in [6, 6.07) is 5.85. The summed E-state index contributed by atoms with van der Waals surface area (Å²) in [4.78, 5) is 11.7. The number of carbonyl (C=O) groups excluding carboxylic acids is 1. The van der Waals surface area contributed by atoms with Crippen LogP contribution in [0.1, 0.15) is 22.8 Å². The fraction of sp³-hybridized carbons (Fsp3) is 0.200. The van der Waals surface area contributed by atoms with Crippen LogP contribution < -0.4 is 5.49 Å². The lowest BCUT2D eigenvalue weighted by atomic mass is 10.2. The van der Waals surface area contributed by atoms with Crippen LogP contribution in [0, 0.1) is 5.41 Å². The van der Waals surface area contributed by atoms with Gasteiger partial charge in [-0.25, -0.2) is 8.42 Å². The number of Topliss-reactive ketones (excluding diaryl/α,β-unsaturated/α-hetero) is 1. The lowest BCUT2D eigenvalue weighted by Gasteiger charge is -2.12. The molecule has 0 saturated carbocycles. The zero-order valence-corrected chi connectivity index (χ0v) is 14.8. The van der Waals surface area contributed by atoms with Crippen LogP contribution in [0.15, 0.2) is 35.4 Å². The Bertz CT molecular complexity index is 950. The summed E-state index contributed by atoms with van der Waals surface area (Å²) in [5, 5.41) is 8.68. The third-order valence-corrected chi connectivity index (χ3v) is 4.95. The molecule has 5 nitrogen and oxygen atoms in total. The van der Waals surface area contributed by atoms with Gasteiger partial charge >= 0.3 is 0 Å². The van der Waals surface area contributed by atoms with E-state index in [1.54, 1.807) is 6.07 Å². The van der Waals surface area contributed by atoms with Gasteiger partial charge in [0.25, 0.3) is 0 Å². The standard InChI is InChI=1S/C15H14Cl2N2O3S/c1-9(20)13-5-11(16)8-19(15(13)18)7-10-3-4-12(6-14(10)17)23(2,21)22/h3-6,8,18H,7H2,1-2H3. The summed E-state index contributed by atoms with van der Waals surface area (Å²) in [5.41, 5.74) is 0.848. The molecule has 0 bridgehead atoms. The van der Waals surface area contributed by atoms with Crippen LogP contribution in [-0.4, -0.2) is 25.0 Å². The minimum Gasteiger partial charge on any atom is -0.327 e. The molecule has 1 aromatic carbocycles. The van der Waals surface area contributed by atoms with E-state index in [9.17, 15) is 13.2 Å².